The largest absolute Gasteiger partial charge is 0.0706 e. The Bertz CT molecular complexity index is 217. The lowest BCUT2D eigenvalue weighted by Crippen LogP contribution is -2.33. The highest BCUT2D eigenvalue weighted by molar-refractivity contribution is 7.35. The topological polar surface area (TPSA) is 0 Å². The van der Waals surface area contributed by atoms with Crippen molar-refractivity contribution in [1.82, 2.24) is 0 Å². The van der Waals surface area contributed by atoms with E-state index in [9.17, 15) is 0 Å². The maximum absolute atomic E-state index is 2.50. The number of benzene rings is 1. The van der Waals surface area contributed by atoms with Gasteiger partial charge in [-0.25, -0.2) is 0 Å². The third kappa shape index (κ3) is 2.43. The lowest BCUT2D eigenvalue weighted by molar-refractivity contribution is 1.49. The predicted octanol–water partition coefficient (Wildman–Crippen LogP) is -0.995. The molecule has 60 valence electrons. The smallest absolute Gasteiger partial charge is 0.0512 e. The minimum Gasteiger partial charge on any atom is -0.0706 e. The van der Waals surface area contributed by atoms with Gasteiger partial charge in [0.15, 0.2) is 0 Å². The first kappa shape index (κ1) is 8.96. The molecule has 11 heavy (non-hydrogen) atoms. The van der Waals surface area contributed by atoms with Gasteiger partial charge in [-0.1, -0.05) is 41.6 Å². The van der Waals surface area contributed by atoms with E-state index in [1.165, 1.54) is 15.3 Å². The third-order valence-corrected chi connectivity index (χ3v) is 21.1. The van der Waals surface area contributed by atoms with Crippen molar-refractivity contribution in [3.63, 3.8) is 0 Å². The van der Waals surface area contributed by atoms with Crippen molar-refractivity contribution in [2.24, 2.45) is 0 Å². The van der Waals surface area contributed by atoms with Crippen LogP contribution in [0.15, 0.2) is 24.3 Å². The molecule has 0 saturated heterocycles. The summed E-state index contributed by atoms with van der Waals surface area (Å²) in [7, 11) is 1.55. The average Bonchev–Trinajstić information content (AvgIpc) is 2.05. The van der Waals surface area contributed by atoms with Gasteiger partial charge in [0.1, 0.15) is 0 Å². The maximum atomic E-state index is 2.50. The van der Waals surface area contributed by atoms with Crippen LogP contribution in [0.3, 0.4) is 0 Å². The summed E-state index contributed by atoms with van der Waals surface area (Å²) in [6.45, 7) is 4.66. The highest BCUT2D eigenvalue weighted by atomic mass is 29.5. The molecule has 0 bridgehead atoms. The summed E-state index contributed by atoms with van der Waals surface area (Å²) in [5, 5.41) is 1.69. The van der Waals surface area contributed by atoms with Gasteiger partial charge in [0.25, 0.3) is 0 Å². The minimum atomic E-state index is -0.360. The quantitative estimate of drug-likeness (QED) is 0.533. The second-order valence-electron chi connectivity index (χ2n) is 3.22. The molecule has 0 radical (unpaired) electrons. The van der Waals surface area contributed by atoms with Crippen molar-refractivity contribution in [2.75, 3.05) is 0 Å². The molecule has 0 nitrogen and oxygen atoms in total. The molecule has 0 aliphatic rings. The van der Waals surface area contributed by atoms with Gasteiger partial charge < -0.3 is 0 Å². The second-order valence-corrected chi connectivity index (χ2v) is 20.0. The lowest BCUT2D eigenvalue weighted by Gasteiger charge is -2.06. The van der Waals surface area contributed by atoms with Crippen molar-refractivity contribution >= 4 is 31.8 Å². The normalized spacial score (nSPS) is 14.4. The highest BCUT2D eigenvalue weighted by Gasteiger charge is 2.02. The van der Waals surface area contributed by atoms with Crippen molar-refractivity contribution in [3.8, 4) is 0 Å². The Morgan fingerprint density at radius 1 is 1.27 bits per heavy atom. The first-order valence-corrected chi connectivity index (χ1v) is 15.0. The van der Waals surface area contributed by atoms with Gasteiger partial charge in [0.05, 0.1) is 8.31 Å². The number of hydrogen-bond donors (Lipinski definition) is 0. The summed E-state index contributed by atoms with van der Waals surface area (Å²) in [6, 6.07) is 9.20. The average molecular weight is 196 g/mol. The van der Waals surface area contributed by atoms with E-state index in [0.29, 0.717) is 8.55 Å². The van der Waals surface area contributed by atoms with Gasteiger partial charge >= 0.3 is 0 Å². The van der Waals surface area contributed by atoms with E-state index in [-0.39, 0.29) is 8.31 Å². The maximum Gasteiger partial charge on any atom is 0.0512 e. The number of aryl methyl sites for hydroxylation is 1. The molecule has 1 aromatic rings. The third-order valence-electron chi connectivity index (χ3n) is 2.26. The summed E-state index contributed by atoms with van der Waals surface area (Å²) in [5.41, 5.74) is 1.39. The van der Waals surface area contributed by atoms with Gasteiger partial charge in [0, 0.05) is 8.55 Å². The van der Waals surface area contributed by atoms with E-state index in [1.54, 1.807) is 5.19 Å². The zero-order valence-electron chi connectivity index (χ0n) is 7.59. The number of hydrogen-bond acceptors (Lipinski definition) is 0. The first-order valence-electron chi connectivity index (χ1n) is 4.30. The van der Waals surface area contributed by atoms with Crippen LogP contribution in [0.1, 0.15) is 5.56 Å². The van der Waals surface area contributed by atoms with Crippen LogP contribution in [0.4, 0.5) is 0 Å². The van der Waals surface area contributed by atoms with Crippen LogP contribution in [-0.2, 0) is 0 Å². The molecule has 0 aliphatic carbocycles. The predicted molar refractivity (Wildman–Crippen MR) is 62.3 cm³/mol. The van der Waals surface area contributed by atoms with E-state index in [2.05, 4.69) is 37.7 Å². The Kier molecular flexibility index (Phi) is 3.29. The molecule has 0 N–H and O–H groups in total. The molecular weight excluding hydrogens is 180 g/mol. The molecule has 0 aliphatic heterocycles. The van der Waals surface area contributed by atoms with Gasteiger partial charge in [-0.2, -0.15) is 0 Å². The molecule has 0 amide bonds. The highest BCUT2D eigenvalue weighted by Crippen LogP contribution is 1.93. The van der Waals surface area contributed by atoms with Gasteiger partial charge in [-0.15, -0.1) is 0 Å². The molecule has 0 fully saturated rings. The van der Waals surface area contributed by atoms with Crippen LogP contribution in [0.25, 0.3) is 0 Å². The second kappa shape index (κ2) is 4.04. The summed E-state index contributed by atoms with van der Waals surface area (Å²) in [4.78, 5) is 0. The van der Waals surface area contributed by atoms with Crippen LogP contribution in [0.2, 0.25) is 6.55 Å². The molecule has 1 unspecified atom stereocenters. The van der Waals surface area contributed by atoms with Crippen LogP contribution in [0, 0.1) is 6.92 Å². The molecule has 1 aromatic carbocycles. The fourth-order valence-corrected chi connectivity index (χ4v) is 8.92. The standard InChI is InChI=1S/C8H16Si3/c1-7-3-5-8(6-4-7)11(2)10-9/h3-6,11H,10H2,1-2,9H3. The van der Waals surface area contributed by atoms with E-state index < -0.39 is 0 Å². The van der Waals surface area contributed by atoms with Crippen LogP contribution in [-0.4, -0.2) is 26.6 Å². The Morgan fingerprint density at radius 3 is 2.27 bits per heavy atom. The summed E-state index contributed by atoms with van der Waals surface area (Å²) in [5.74, 6) is 0. The molecule has 0 aromatic heterocycles. The zero-order chi connectivity index (χ0) is 8.27. The zero-order valence-corrected chi connectivity index (χ0v) is 12.2. The molecule has 1 atom stereocenters. The molecule has 0 spiro atoms. The lowest BCUT2D eigenvalue weighted by atomic mass is 10.2. The van der Waals surface area contributed by atoms with E-state index >= 15 is 0 Å². The minimum absolute atomic E-state index is 0.360. The Balaban J connectivity index is 2.81. The van der Waals surface area contributed by atoms with Crippen molar-refractivity contribution in [3.05, 3.63) is 29.8 Å². The Hall–Kier alpha value is -0.129. The summed E-state index contributed by atoms with van der Waals surface area (Å²) < 4.78 is 0. The SMILES string of the molecule is Cc1ccc([SiH](C)[SiH2][SiH3])cc1. The van der Waals surface area contributed by atoms with Crippen molar-refractivity contribution in [1.29, 1.82) is 0 Å². The Labute approximate surface area is 75.5 Å². The van der Waals surface area contributed by atoms with Crippen LogP contribution < -0.4 is 5.19 Å². The Morgan fingerprint density at radius 2 is 1.82 bits per heavy atom. The molecule has 3 heteroatoms. The van der Waals surface area contributed by atoms with Crippen molar-refractivity contribution < 1.29 is 0 Å². The fraction of sp³-hybridized carbons (Fsp3) is 0.250. The van der Waals surface area contributed by atoms with E-state index in [0.717, 1.165) is 0 Å². The molecular formula is C8H16Si3. The summed E-state index contributed by atoms with van der Waals surface area (Å²) >= 11 is 0. The first-order chi connectivity index (χ1) is 5.24. The fourth-order valence-electron chi connectivity index (χ4n) is 1.13. The number of rotatable bonds is 2. The van der Waals surface area contributed by atoms with Gasteiger partial charge in [-0.3, -0.25) is 0 Å². The monoisotopic (exact) mass is 196 g/mol. The molecule has 0 heterocycles. The van der Waals surface area contributed by atoms with Crippen molar-refractivity contribution in [2.45, 2.75) is 13.5 Å². The molecule has 0 saturated carbocycles. The van der Waals surface area contributed by atoms with Gasteiger partial charge in [-0.05, 0) is 16.7 Å². The van der Waals surface area contributed by atoms with Gasteiger partial charge in [0.2, 0.25) is 0 Å². The summed E-state index contributed by atoms with van der Waals surface area (Å²) in [6.07, 6.45) is 0. The molecule has 1 rings (SSSR count). The van der Waals surface area contributed by atoms with E-state index in [4.69, 9.17) is 0 Å². The van der Waals surface area contributed by atoms with Crippen LogP contribution in [0.5, 0.6) is 0 Å². The van der Waals surface area contributed by atoms with E-state index in [1.807, 2.05) is 0 Å². The van der Waals surface area contributed by atoms with Crippen LogP contribution >= 0.6 is 0 Å².